The van der Waals surface area contributed by atoms with Gasteiger partial charge in [0.2, 0.25) is 0 Å². The van der Waals surface area contributed by atoms with Gasteiger partial charge in [-0.25, -0.2) is 14.6 Å². The maximum absolute atomic E-state index is 14.0. The van der Waals surface area contributed by atoms with Crippen molar-refractivity contribution in [1.29, 1.82) is 0 Å². The number of anilines is 1. The number of benzene rings is 2. The molecule has 0 aliphatic heterocycles. The van der Waals surface area contributed by atoms with E-state index in [0.717, 1.165) is 36.1 Å². The molecule has 0 fully saturated rings. The Morgan fingerprint density at radius 3 is 2.71 bits per heavy atom. The zero-order valence-electron chi connectivity index (χ0n) is 20.5. The van der Waals surface area contributed by atoms with Crippen molar-refractivity contribution in [1.82, 2.24) is 5.43 Å². The molecule has 0 unspecified atom stereocenters. The lowest BCUT2D eigenvalue weighted by molar-refractivity contribution is -0.136. The average molecular weight is 558 g/mol. The number of esters is 1. The molecule has 0 bridgehead atoms. The third-order valence-corrected chi connectivity index (χ3v) is 7.33. The number of nitrogens with zero attached hydrogens (tertiary/aromatic N) is 1. The number of rotatable bonds is 8. The largest absolute Gasteiger partial charge is 0.489 e. The van der Waals surface area contributed by atoms with E-state index in [9.17, 15) is 18.8 Å². The van der Waals surface area contributed by atoms with Crippen LogP contribution in [-0.2, 0) is 33.8 Å². The number of nitrogens with one attached hydrogen (secondary N) is 2. The van der Waals surface area contributed by atoms with Crippen LogP contribution in [0.1, 0.15) is 51.7 Å². The average Bonchev–Trinajstić information content (AvgIpc) is 3.26. The minimum absolute atomic E-state index is 0.0665. The Bertz CT molecular complexity index is 1370. The molecule has 4 rings (SSSR count). The maximum Gasteiger partial charge on any atom is 0.341 e. The molecule has 2 amide bonds. The smallest absolute Gasteiger partial charge is 0.341 e. The molecule has 0 radical (unpaired) electrons. The van der Waals surface area contributed by atoms with E-state index >= 15 is 0 Å². The molecule has 0 spiro atoms. The van der Waals surface area contributed by atoms with Gasteiger partial charge in [-0.05, 0) is 68.0 Å². The van der Waals surface area contributed by atoms with E-state index in [2.05, 4.69) is 15.8 Å². The van der Waals surface area contributed by atoms with E-state index in [1.807, 2.05) is 0 Å². The van der Waals surface area contributed by atoms with Crippen molar-refractivity contribution in [3.63, 3.8) is 0 Å². The lowest BCUT2D eigenvalue weighted by atomic mass is 9.95. The van der Waals surface area contributed by atoms with Gasteiger partial charge in [-0.1, -0.05) is 29.8 Å². The number of hydrogen-bond donors (Lipinski definition) is 2. The quantitative estimate of drug-likeness (QED) is 0.170. The topological polar surface area (TPSA) is 106 Å². The molecule has 8 nitrogen and oxygen atoms in total. The van der Waals surface area contributed by atoms with Gasteiger partial charge in [0.1, 0.15) is 23.2 Å². The number of hydrazone groups is 1. The van der Waals surface area contributed by atoms with Gasteiger partial charge in [0.05, 0.1) is 23.4 Å². The van der Waals surface area contributed by atoms with Crippen molar-refractivity contribution in [2.75, 3.05) is 11.9 Å². The third kappa shape index (κ3) is 6.56. The van der Waals surface area contributed by atoms with Crippen LogP contribution in [0.4, 0.5) is 9.39 Å². The second kappa shape index (κ2) is 12.7. The maximum atomic E-state index is 14.0. The van der Waals surface area contributed by atoms with Crippen LogP contribution in [0.5, 0.6) is 5.75 Å². The van der Waals surface area contributed by atoms with Crippen LogP contribution in [0, 0.1) is 5.82 Å². The predicted molar refractivity (Wildman–Crippen MR) is 143 cm³/mol. The minimum Gasteiger partial charge on any atom is -0.489 e. The zero-order chi connectivity index (χ0) is 27.1. The molecule has 1 aliphatic carbocycles. The van der Waals surface area contributed by atoms with Crippen LogP contribution >= 0.6 is 22.9 Å². The fourth-order valence-corrected chi connectivity index (χ4v) is 5.45. The molecule has 1 heterocycles. The van der Waals surface area contributed by atoms with Gasteiger partial charge in [-0.15, -0.1) is 11.3 Å². The van der Waals surface area contributed by atoms with Crippen molar-refractivity contribution < 1.29 is 28.2 Å². The van der Waals surface area contributed by atoms with E-state index in [0.29, 0.717) is 21.9 Å². The molecule has 1 aliphatic rings. The molecular weight excluding hydrogens is 533 g/mol. The normalized spacial score (nSPS) is 12.6. The molecule has 3 aromatic rings. The predicted octanol–water partition coefficient (Wildman–Crippen LogP) is 5.26. The molecular formula is C27H25ClFN3O5S. The number of hydrogen-bond acceptors (Lipinski definition) is 7. The molecule has 0 saturated heterocycles. The first-order chi connectivity index (χ1) is 18.4. The Hall–Kier alpha value is -3.76. The minimum atomic E-state index is -0.996. The number of carbonyl (C=O) groups excluding carboxylic acids is 3. The van der Waals surface area contributed by atoms with Gasteiger partial charge in [0.15, 0.2) is 0 Å². The summed E-state index contributed by atoms with van der Waals surface area (Å²) in [6.07, 6.45) is 4.82. The molecule has 11 heteroatoms. The fourth-order valence-electron chi connectivity index (χ4n) is 3.96. The summed E-state index contributed by atoms with van der Waals surface area (Å²) in [5.41, 5.74) is 4.19. The van der Waals surface area contributed by atoms with Crippen molar-refractivity contribution in [3.8, 4) is 5.75 Å². The molecule has 38 heavy (non-hydrogen) atoms. The van der Waals surface area contributed by atoms with Gasteiger partial charge in [-0.2, -0.15) is 5.10 Å². The Labute approximate surface area is 227 Å². The van der Waals surface area contributed by atoms with E-state index in [1.165, 1.54) is 29.7 Å². The highest BCUT2D eigenvalue weighted by Crippen LogP contribution is 2.38. The van der Waals surface area contributed by atoms with E-state index in [-0.39, 0.29) is 23.8 Å². The highest BCUT2D eigenvalue weighted by molar-refractivity contribution is 7.17. The second-order valence-corrected chi connectivity index (χ2v) is 9.86. The molecule has 198 valence electrons. The van der Waals surface area contributed by atoms with Crippen LogP contribution in [0.3, 0.4) is 0 Å². The Kier molecular flexibility index (Phi) is 9.09. The Morgan fingerprint density at radius 2 is 1.92 bits per heavy atom. The lowest BCUT2D eigenvalue weighted by Gasteiger charge is -2.12. The van der Waals surface area contributed by atoms with Gasteiger partial charge >= 0.3 is 17.8 Å². The van der Waals surface area contributed by atoms with Crippen molar-refractivity contribution >= 4 is 51.9 Å². The second-order valence-electron chi connectivity index (χ2n) is 8.35. The monoisotopic (exact) mass is 557 g/mol. The molecule has 2 N–H and O–H groups in total. The van der Waals surface area contributed by atoms with Crippen LogP contribution in [-0.4, -0.2) is 30.6 Å². The van der Waals surface area contributed by atoms with Crippen molar-refractivity contribution in [3.05, 3.63) is 80.4 Å². The van der Waals surface area contributed by atoms with Crippen LogP contribution in [0.25, 0.3) is 0 Å². The first kappa shape index (κ1) is 27.3. The van der Waals surface area contributed by atoms with Crippen molar-refractivity contribution in [2.24, 2.45) is 5.10 Å². The molecule has 2 aromatic carbocycles. The number of thiophene rings is 1. The first-order valence-corrected chi connectivity index (χ1v) is 13.2. The van der Waals surface area contributed by atoms with E-state index < -0.39 is 23.6 Å². The molecule has 0 atom stereocenters. The summed E-state index contributed by atoms with van der Waals surface area (Å²) in [6.45, 7) is 1.85. The highest BCUT2D eigenvalue weighted by atomic mass is 35.5. The van der Waals surface area contributed by atoms with Gasteiger partial charge in [0, 0.05) is 10.4 Å². The number of fused-ring (bicyclic) bond motifs is 1. The Morgan fingerprint density at radius 1 is 1.13 bits per heavy atom. The SMILES string of the molecule is CCOC(=O)c1c(NC(=O)C(=O)N/N=C/c2cccc(OCc3c(F)cccc3Cl)c2)sc2c1CCCC2. The van der Waals surface area contributed by atoms with Crippen molar-refractivity contribution in [2.45, 2.75) is 39.2 Å². The van der Waals surface area contributed by atoms with Crippen LogP contribution in [0.15, 0.2) is 47.6 Å². The summed E-state index contributed by atoms with van der Waals surface area (Å²) in [7, 11) is 0. The summed E-state index contributed by atoms with van der Waals surface area (Å²) in [5.74, 6) is -2.49. The van der Waals surface area contributed by atoms with E-state index in [1.54, 1.807) is 37.3 Å². The number of ether oxygens (including phenoxy) is 2. The summed E-state index contributed by atoms with van der Waals surface area (Å²) < 4.78 is 24.8. The first-order valence-electron chi connectivity index (χ1n) is 12.0. The molecule has 0 saturated carbocycles. The highest BCUT2D eigenvalue weighted by Gasteiger charge is 2.28. The summed E-state index contributed by atoms with van der Waals surface area (Å²) in [6, 6.07) is 11.1. The van der Waals surface area contributed by atoms with Gasteiger partial charge in [0.25, 0.3) is 0 Å². The van der Waals surface area contributed by atoms with Gasteiger partial charge in [-0.3, -0.25) is 9.59 Å². The number of aryl methyl sites for hydroxylation is 1. The number of carbonyl (C=O) groups is 3. The lowest BCUT2D eigenvalue weighted by Crippen LogP contribution is -2.32. The van der Waals surface area contributed by atoms with Crippen LogP contribution < -0.4 is 15.5 Å². The fraction of sp³-hybridized carbons (Fsp3) is 0.259. The standard InChI is InChI=1S/C27H25ClFN3O5S/c1-2-36-27(35)23-18-9-3-4-12-22(18)38-26(23)31-24(33)25(34)32-30-14-16-7-5-8-17(13-16)37-15-19-20(28)10-6-11-21(19)29/h5-8,10-11,13-14H,2-4,9,12,15H2,1H3,(H,31,33)(H,32,34)/b30-14+. The van der Waals surface area contributed by atoms with Crippen LogP contribution in [0.2, 0.25) is 5.02 Å². The zero-order valence-corrected chi connectivity index (χ0v) is 22.1. The van der Waals surface area contributed by atoms with E-state index in [4.69, 9.17) is 21.1 Å². The number of halogens is 2. The number of amides is 2. The summed E-state index contributed by atoms with van der Waals surface area (Å²) in [5, 5.41) is 6.94. The summed E-state index contributed by atoms with van der Waals surface area (Å²) in [4.78, 5) is 38.4. The molecule has 1 aromatic heterocycles. The Balaban J connectivity index is 1.37. The van der Waals surface area contributed by atoms with Gasteiger partial charge < -0.3 is 14.8 Å². The third-order valence-electron chi connectivity index (χ3n) is 5.77. The summed E-state index contributed by atoms with van der Waals surface area (Å²) >= 11 is 7.32.